The summed E-state index contributed by atoms with van der Waals surface area (Å²) in [5.41, 5.74) is 3.66. The molecule has 0 fully saturated rings. The second kappa shape index (κ2) is 8.19. The van der Waals surface area contributed by atoms with Crippen LogP contribution < -0.4 is 10.6 Å². The molecular weight excluding hydrogens is 352 g/mol. The average molecular weight is 377 g/mol. The second-order valence-electron chi connectivity index (χ2n) is 6.73. The number of anilines is 2. The standard InChI is InChI=1S/C18H24N4OS2/c1-11(2)10-19-17-21-22-18(25-17)24-12(3)16(23)20-15-8-7-13-5-4-6-14(13)9-15/h7-9,11-12H,4-6,10H2,1-3H3,(H,19,21)(H,20,23)/t12-/m1/s1. The second-order valence-corrected chi connectivity index (χ2v) is 9.30. The lowest BCUT2D eigenvalue weighted by Crippen LogP contribution is -2.22. The first-order valence-electron chi connectivity index (χ1n) is 8.68. The van der Waals surface area contributed by atoms with E-state index in [4.69, 9.17) is 0 Å². The Morgan fingerprint density at radius 1 is 1.24 bits per heavy atom. The van der Waals surface area contributed by atoms with Crippen molar-refractivity contribution in [3.8, 4) is 0 Å². The van der Waals surface area contributed by atoms with Crippen LogP contribution in [-0.4, -0.2) is 27.9 Å². The number of rotatable bonds is 7. The maximum atomic E-state index is 12.4. The third-order valence-electron chi connectivity index (χ3n) is 4.08. The number of nitrogens with one attached hydrogen (secondary N) is 2. The number of carbonyl (C=O) groups excluding carboxylic acids is 1. The predicted octanol–water partition coefficient (Wildman–Crippen LogP) is 4.21. The number of nitrogens with zero attached hydrogens (tertiary/aromatic N) is 2. The van der Waals surface area contributed by atoms with Crippen molar-refractivity contribution in [1.82, 2.24) is 10.2 Å². The van der Waals surface area contributed by atoms with E-state index >= 15 is 0 Å². The Kier molecular flexibility index (Phi) is 5.96. The summed E-state index contributed by atoms with van der Waals surface area (Å²) in [7, 11) is 0. The summed E-state index contributed by atoms with van der Waals surface area (Å²) in [5.74, 6) is 0.548. The Hall–Kier alpha value is -1.60. The first kappa shape index (κ1) is 18.2. The number of amides is 1. The van der Waals surface area contributed by atoms with Crippen LogP contribution in [0, 0.1) is 5.92 Å². The molecule has 0 unspecified atom stereocenters. The molecule has 3 rings (SSSR count). The van der Waals surface area contributed by atoms with Gasteiger partial charge in [-0.2, -0.15) is 0 Å². The van der Waals surface area contributed by atoms with Gasteiger partial charge < -0.3 is 10.6 Å². The molecule has 0 saturated heterocycles. The molecule has 2 N–H and O–H groups in total. The number of carbonyl (C=O) groups is 1. The first-order valence-corrected chi connectivity index (χ1v) is 10.4. The summed E-state index contributed by atoms with van der Waals surface area (Å²) in [6.07, 6.45) is 3.48. The van der Waals surface area contributed by atoms with Crippen molar-refractivity contribution in [3.05, 3.63) is 29.3 Å². The Bertz CT molecular complexity index is 744. The highest BCUT2D eigenvalue weighted by Gasteiger charge is 2.18. The van der Waals surface area contributed by atoms with Crippen LogP contribution in [0.5, 0.6) is 0 Å². The minimum Gasteiger partial charge on any atom is -0.360 e. The topological polar surface area (TPSA) is 66.9 Å². The predicted molar refractivity (Wildman–Crippen MR) is 106 cm³/mol. The zero-order valence-electron chi connectivity index (χ0n) is 14.8. The molecule has 2 aromatic rings. The molecule has 1 amide bonds. The summed E-state index contributed by atoms with van der Waals surface area (Å²) in [5, 5.41) is 15.2. The van der Waals surface area contributed by atoms with Crippen molar-refractivity contribution in [3.63, 3.8) is 0 Å². The van der Waals surface area contributed by atoms with Gasteiger partial charge in [-0.3, -0.25) is 4.79 Å². The number of thioether (sulfide) groups is 1. The number of hydrogen-bond acceptors (Lipinski definition) is 6. The molecule has 0 aliphatic heterocycles. The summed E-state index contributed by atoms with van der Waals surface area (Å²) in [6.45, 7) is 7.06. The molecule has 0 saturated carbocycles. The summed E-state index contributed by atoms with van der Waals surface area (Å²) in [6, 6.07) is 6.24. The number of aromatic nitrogens is 2. The van der Waals surface area contributed by atoms with Crippen LogP contribution in [0.15, 0.2) is 22.5 Å². The van der Waals surface area contributed by atoms with Crippen LogP contribution in [-0.2, 0) is 17.6 Å². The normalized spacial score (nSPS) is 14.4. The maximum absolute atomic E-state index is 12.4. The van der Waals surface area contributed by atoms with E-state index in [1.165, 1.54) is 40.6 Å². The number of benzene rings is 1. The van der Waals surface area contributed by atoms with Crippen molar-refractivity contribution >= 4 is 39.8 Å². The molecule has 25 heavy (non-hydrogen) atoms. The molecule has 1 aliphatic carbocycles. The fourth-order valence-corrected chi connectivity index (χ4v) is 4.62. The molecule has 134 valence electrons. The van der Waals surface area contributed by atoms with Crippen LogP contribution in [0.4, 0.5) is 10.8 Å². The number of fused-ring (bicyclic) bond motifs is 1. The molecule has 1 aromatic carbocycles. The van der Waals surface area contributed by atoms with Crippen LogP contribution in [0.3, 0.4) is 0 Å². The summed E-state index contributed by atoms with van der Waals surface area (Å²) in [4.78, 5) is 12.4. The summed E-state index contributed by atoms with van der Waals surface area (Å²) >= 11 is 2.94. The molecule has 0 bridgehead atoms. The van der Waals surface area contributed by atoms with Gasteiger partial charge in [-0.25, -0.2) is 0 Å². The van der Waals surface area contributed by atoms with E-state index in [2.05, 4.69) is 46.8 Å². The highest BCUT2D eigenvalue weighted by Crippen LogP contribution is 2.30. The lowest BCUT2D eigenvalue weighted by Gasteiger charge is -2.11. The van der Waals surface area contributed by atoms with Gasteiger partial charge in [-0.1, -0.05) is 43.0 Å². The van der Waals surface area contributed by atoms with Gasteiger partial charge in [0.2, 0.25) is 11.0 Å². The van der Waals surface area contributed by atoms with E-state index in [1.807, 2.05) is 13.0 Å². The Labute approximate surface area is 157 Å². The molecule has 0 spiro atoms. The van der Waals surface area contributed by atoms with Crippen LogP contribution in [0.2, 0.25) is 0 Å². The number of hydrogen-bond donors (Lipinski definition) is 2. The Balaban J connectivity index is 1.54. The largest absolute Gasteiger partial charge is 0.360 e. The average Bonchev–Trinajstić information content (AvgIpc) is 3.21. The van der Waals surface area contributed by atoms with E-state index in [-0.39, 0.29) is 11.2 Å². The van der Waals surface area contributed by atoms with Gasteiger partial charge in [-0.05, 0) is 55.4 Å². The fraction of sp³-hybridized carbons (Fsp3) is 0.500. The summed E-state index contributed by atoms with van der Waals surface area (Å²) < 4.78 is 0.808. The zero-order valence-corrected chi connectivity index (χ0v) is 16.5. The third-order valence-corrected chi connectivity index (χ3v) is 6.15. The molecule has 7 heteroatoms. The van der Waals surface area contributed by atoms with E-state index < -0.39 is 0 Å². The highest BCUT2D eigenvalue weighted by molar-refractivity contribution is 8.02. The van der Waals surface area contributed by atoms with Crippen LogP contribution >= 0.6 is 23.1 Å². The molecule has 0 radical (unpaired) electrons. The van der Waals surface area contributed by atoms with Gasteiger partial charge in [-0.15, -0.1) is 10.2 Å². The SMILES string of the molecule is CC(C)CNc1nnc(S[C@H](C)C(=O)Nc2ccc3c(c2)CCC3)s1. The molecule has 5 nitrogen and oxygen atoms in total. The fourth-order valence-electron chi connectivity index (χ4n) is 2.72. The Morgan fingerprint density at radius 3 is 2.84 bits per heavy atom. The van der Waals surface area contributed by atoms with Gasteiger partial charge in [0.15, 0.2) is 4.34 Å². The Morgan fingerprint density at radius 2 is 2.04 bits per heavy atom. The van der Waals surface area contributed by atoms with E-state index in [0.29, 0.717) is 5.92 Å². The highest BCUT2D eigenvalue weighted by atomic mass is 32.2. The van der Waals surface area contributed by atoms with Crippen molar-refractivity contribution in [2.75, 3.05) is 17.2 Å². The molecule has 1 aliphatic rings. The van der Waals surface area contributed by atoms with Gasteiger partial charge in [0.1, 0.15) is 0 Å². The molecular formula is C18H24N4OS2. The van der Waals surface area contributed by atoms with E-state index in [1.54, 1.807) is 0 Å². The van der Waals surface area contributed by atoms with Crippen molar-refractivity contribution in [2.45, 2.75) is 49.6 Å². The van der Waals surface area contributed by atoms with Crippen LogP contribution in [0.1, 0.15) is 38.3 Å². The van der Waals surface area contributed by atoms with E-state index in [0.717, 1.165) is 34.5 Å². The molecule has 1 aromatic heterocycles. The van der Waals surface area contributed by atoms with Gasteiger partial charge in [0.25, 0.3) is 0 Å². The zero-order chi connectivity index (χ0) is 17.8. The van der Waals surface area contributed by atoms with E-state index in [9.17, 15) is 4.79 Å². The van der Waals surface area contributed by atoms with Gasteiger partial charge >= 0.3 is 0 Å². The van der Waals surface area contributed by atoms with Crippen LogP contribution in [0.25, 0.3) is 0 Å². The van der Waals surface area contributed by atoms with Crippen molar-refractivity contribution in [1.29, 1.82) is 0 Å². The monoisotopic (exact) mass is 376 g/mol. The quantitative estimate of drug-likeness (QED) is 0.709. The molecule has 1 atom stereocenters. The third kappa shape index (κ3) is 4.95. The minimum absolute atomic E-state index is 0.00478. The molecule has 1 heterocycles. The van der Waals surface area contributed by atoms with Crippen molar-refractivity contribution < 1.29 is 4.79 Å². The maximum Gasteiger partial charge on any atom is 0.237 e. The minimum atomic E-state index is -0.223. The number of aryl methyl sites for hydroxylation is 2. The first-order chi connectivity index (χ1) is 12.0. The van der Waals surface area contributed by atoms with Crippen molar-refractivity contribution in [2.24, 2.45) is 5.92 Å². The smallest absolute Gasteiger partial charge is 0.237 e. The van der Waals surface area contributed by atoms with Gasteiger partial charge in [0, 0.05) is 12.2 Å². The lowest BCUT2D eigenvalue weighted by atomic mass is 10.1. The lowest BCUT2D eigenvalue weighted by molar-refractivity contribution is -0.115. The van der Waals surface area contributed by atoms with Gasteiger partial charge in [0.05, 0.1) is 5.25 Å².